The molecule has 0 saturated carbocycles. The Hall–Kier alpha value is -2.73. The van der Waals surface area contributed by atoms with E-state index in [0.717, 1.165) is 0 Å². The molecule has 1 aromatic carbocycles. The first-order valence-electron chi connectivity index (χ1n) is 10.4. The Balaban J connectivity index is 1.47. The van der Waals surface area contributed by atoms with Crippen molar-refractivity contribution >= 4 is 37.3 Å². The van der Waals surface area contributed by atoms with Gasteiger partial charge in [-0.15, -0.1) is 0 Å². The highest BCUT2D eigenvalue weighted by Crippen LogP contribution is 2.44. The second-order valence-electron chi connectivity index (χ2n) is 8.37. The van der Waals surface area contributed by atoms with Crippen molar-refractivity contribution in [2.24, 2.45) is 5.14 Å². The Morgan fingerprint density at radius 2 is 1.80 bits per heavy atom. The molecule has 16 heteroatoms. The van der Waals surface area contributed by atoms with Crippen molar-refractivity contribution in [3.63, 3.8) is 0 Å². The Bertz CT molecular complexity index is 1460. The van der Waals surface area contributed by atoms with Crippen molar-refractivity contribution < 1.29 is 35.2 Å². The first-order chi connectivity index (χ1) is 16.4. The van der Waals surface area contributed by atoms with E-state index < -0.39 is 50.7 Å². The van der Waals surface area contributed by atoms with Crippen LogP contribution in [0.15, 0.2) is 47.9 Å². The van der Waals surface area contributed by atoms with E-state index in [4.69, 9.17) is 23.5 Å². The average Bonchev–Trinajstić information content (AvgIpc) is 3.43. The summed E-state index contributed by atoms with van der Waals surface area (Å²) >= 11 is 0. The molecular weight excluding hydrogens is 504 g/mol. The quantitative estimate of drug-likeness (QED) is 0.430. The zero-order valence-electron chi connectivity index (χ0n) is 18.5. The van der Waals surface area contributed by atoms with Crippen molar-refractivity contribution in [3.8, 4) is 0 Å². The largest absolute Gasteiger partial charge is 0.347 e. The molecule has 0 aliphatic carbocycles. The standard InChI is InChI=1S/C19H22N6O8S2/c1-19(2)32-14-12(8-30-35(20,28)29)31-18(15(14)33-19)25-10-23-13-16(21-9-22-17(13)25)24-34(26,27)11-6-4-3-5-7-11/h3-7,9-10,12,14-15,18H,8H2,1-2H3,(H2,20,28,29)(H,21,22,24)/t12-,14-,15-,18-/m1/s1. The van der Waals surface area contributed by atoms with Crippen LogP contribution in [-0.2, 0) is 38.7 Å². The number of nitrogens with zero attached hydrogens (tertiary/aromatic N) is 4. The van der Waals surface area contributed by atoms with Gasteiger partial charge in [-0.05, 0) is 26.0 Å². The fraction of sp³-hybridized carbons (Fsp3) is 0.421. The van der Waals surface area contributed by atoms with Crippen LogP contribution in [-0.4, -0.2) is 67.1 Å². The molecule has 2 aliphatic rings. The van der Waals surface area contributed by atoms with E-state index >= 15 is 0 Å². The van der Waals surface area contributed by atoms with Crippen molar-refractivity contribution in [3.05, 3.63) is 43.0 Å². The number of nitrogens with two attached hydrogens (primary N) is 1. The SMILES string of the molecule is CC1(C)O[C@@H]2[C@H](O1)[C@@H](COS(N)(=O)=O)O[C@H]2n1cnc2c(NS(=O)(=O)c3ccccc3)ncnc21. The third-order valence-corrected chi connectivity index (χ3v) is 7.26. The zero-order chi connectivity index (χ0) is 25.0. The number of hydrogen-bond acceptors (Lipinski definition) is 11. The van der Waals surface area contributed by atoms with Gasteiger partial charge in [0.1, 0.15) is 24.6 Å². The van der Waals surface area contributed by atoms with Crippen LogP contribution in [0.2, 0.25) is 0 Å². The lowest BCUT2D eigenvalue weighted by Gasteiger charge is -2.24. The van der Waals surface area contributed by atoms with Gasteiger partial charge in [0.15, 0.2) is 29.0 Å². The number of rotatable bonds is 7. The number of anilines is 1. The van der Waals surface area contributed by atoms with E-state index in [1.165, 1.54) is 29.4 Å². The lowest BCUT2D eigenvalue weighted by Crippen LogP contribution is -2.34. The highest BCUT2D eigenvalue weighted by Gasteiger charge is 2.56. The number of aromatic nitrogens is 4. The minimum atomic E-state index is -4.20. The van der Waals surface area contributed by atoms with Gasteiger partial charge >= 0.3 is 10.3 Å². The summed E-state index contributed by atoms with van der Waals surface area (Å²) in [7, 11) is -8.13. The van der Waals surface area contributed by atoms with Crippen LogP contribution in [0, 0.1) is 0 Å². The van der Waals surface area contributed by atoms with Crippen LogP contribution in [0.1, 0.15) is 20.1 Å². The Morgan fingerprint density at radius 1 is 1.09 bits per heavy atom. The predicted molar refractivity (Wildman–Crippen MR) is 119 cm³/mol. The van der Waals surface area contributed by atoms with Gasteiger partial charge in [0, 0.05) is 0 Å². The lowest BCUT2D eigenvalue weighted by atomic mass is 10.1. The predicted octanol–water partition coefficient (Wildman–Crippen LogP) is 0.265. The van der Waals surface area contributed by atoms with Gasteiger partial charge < -0.3 is 14.2 Å². The minimum Gasteiger partial charge on any atom is -0.347 e. The number of hydrogen-bond donors (Lipinski definition) is 2. The van der Waals surface area contributed by atoms with Gasteiger partial charge in [0.2, 0.25) is 0 Å². The normalized spacial score (nSPS) is 26.1. The summed E-state index contributed by atoms with van der Waals surface area (Å²) in [4.78, 5) is 12.6. The molecule has 4 heterocycles. The fourth-order valence-corrected chi connectivity index (χ4v) is 5.44. The summed E-state index contributed by atoms with van der Waals surface area (Å²) in [5.74, 6) is -0.996. The highest BCUT2D eigenvalue weighted by molar-refractivity contribution is 7.92. The molecule has 188 valence electrons. The van der Waals surface area contributed by atoms with Crippen molar-refractivity contribution in [2.45, 2.75) is 49.1 Å². The van der Waals surface area contributed by atoms with Crippen molar-refractivity contribution in [1.29, 1.82) is 0 Å². The summed E-state index contributed by atoms with van der Waals surface area (Å²) in [5, 5.41) is 4.95. The number of nitrogens with one attached hydrogen (secondary N) is 1. The van der Waals surface area contributed by atoms with Crippen LogP contribution < -0.4 is 9.86 Å². The summed E-state index contributed by atoms with van der Waals surface area (Å²) in [6.45, 7) is 3.04. The monoisotopic (exact) mass is 526 g/mol. The van der Waals surface area contributed by atoms with E-state index in [2.05, 4.69) is 19.7 Å². The van der Waals surface area contributed by atoms with E-state index in [1.807, 2.05) is 0 Å². The number of imidazole rings is 1. The molecule has 5 rings (SSSR count). The second-order valence-corrected chi connectivity index (χ2v) is 11.3. The molecule has 2 aromatic heterocycles. The van der Waals surface area contributed by atoms with Crippen LogP contribution in [0.25, 0.3) is 11.2 Å². The van der Waals surface area contributed by atoms with E-state index in [0.29, 0.717) is 0 Å². The maximum Gasteiger partial charge on any atom is 0.333 e. The minimum absolute atomic E-state index is 0.0230. The molecule has 2 saturated heterocycles. The molecule has 2 aliphatic heterocycles. The third-order valence-electron chi connectivity index (χ3n) is 5.44. The van der Waals surface area contributed by atoms with Gasteiger partial charge in [0.25, 0.3) is 10.0 Å². The fourth-order valence-electron chi connectivity index (χ4n) is 4.08. The molecule has 14 nitrogen and oxygen atoms in total. The molecule has 3 aromatic rings. The van der Waals surface area contributed by atoms with Crippen LogP contribution >= 0.6 is 0 Å². The molecule has 0 bridgehead atoms. The molecule has 0 radical (unpaired) electrons. The van der Waals surface area contributed by atoms with Crippen LogP contribution in [0.5, 0.6) is 0 Å². The van der Waals surface area contributed by atoms with Gasteiger partial charge in [-0.3, -0.25) is 13.5 Å². The van der Waals surface area contributed by atoms with Crippen molar-refractivity contribution in [1.82, 2.24) is 19.5 Å². The van der Waals surface area contributed by atoms with E-state index in [9.17, 15) is 16.8 Å². The topological polar surface area (TPSA) is 187 Å². The molecule has 0 unspecified atom stereocenters. The maximum atomic E-state index is 12.8. The van der Waals surface area contributed by atoms with Gasteiger partial charge in [-0.25, -0.2) is 28.5 Å². The average molecular weight is 527 g/mol. The number of fused-ring (bicyclic) bond motifs is 2. The summed E-state index contributed by atoms with van der Waals surface area (Å²) < 4.78 is 74.8. The molecule has 3 N–H and O–H groups in total. The Kier molecular flexibility index (Phi) is 5.78. The molecular formula is C19H22N6O8S2. The maximum absolute atomic E-state index is 12.8. The van der Waals surface area contributed by atoms with Gasteiger partial charge in [0.05, 0.1) is 17.8 Å². The zero-order valence-corrected chi connectivity index (χ0v) is 20.1. The second kappa shape index (κ2) is 8.44. The number of benzene rings is 1. The Morgan fingerprint density at radius 3 is 2.51 bits per heavy atom. The first-order valence-corrected chi connectivity index (χ1v) is 13.3. The number of ether oxygens (including phenoxy) is 3. The molecule has 0 spiro atoms. The van der Waals surface area contributed by atoms with Gasteiger partial charge in [-0.1, -0.05) is 18.2 Å². The summed E-state index contributed by atoms with van der Waals surface area (Å²) in [5.41, 5.74) is 0.436. The summed E-state index contributed by atoms with van der Waals surface area (Å²) in [6.07, 6.45) is -0.426. The van der Waals surface area contributed by atoms with E-state index in [-0.39, 0.29) is 28.5 Å². The first kappa shape index (κ1) is 24.0. The van der Waals surface area contributed by atoms with Crippen molar-refractivity contribution in [2.75, 3.05) is 11.3 Å². The van der Waals surface area contributed by atoms with E-state index in [1.54, 1.807) is 32.0 Å². The lowest BCUT2D eigenvalue weighted by molar-refractivity contribution is -0.198. The summed E-state index contributed by atoms with van der Waals surface area (Å²) in [6, 6.07) is 7.82. The Labute approximate surface area is 200 Å². The molecule has 0 amide bonds. The molecule has 35 heavy (non-hydrogen) atoms. The van der Waals surface area contributed by atoms with Crippen LogP contribution in [0.4, 0.5) is 5.82 Å². The van der Waals surface area contributed by atoms with Gasteiger partial charge in [-0.2, -0.15) is 8.42 Å². The number of sulfonamides is 1. The third kappa shape index (κ3) is 4.73. The molecule has 2 fully saturated rings. The smallest absolute Gasteiger partial charge is 0.333 e. The van der Waals surface area contributed by atoms with Crippen LogP contribution in [0.3, 0.4) is 0 Å². The molecule has 4 atom stereocenters. The highest BCUT2D eigenvalue weighted by atomic mass is 32.2.